The van der Waals surface area contributed by atoms with Crippen molar-refractivity contribution >= 4 is 30.7 Å². The number of amides is 1. The number of carbonyl (C=O) groups excluding carboxylic acids is 1. The Labute approximate surface area is 162 Å². The highest BCUT2D eigenvalue weighted by Gasteiger charge is 2.25. The number of hydrogen-bond acceptors (Lipinski definition) is 4. The third-order valence-electron chi connectivity index (χ3n) is 4.73. The number of hydrogen-bond donors (Lipinski definition) is 2. The van der Waals surface area contributed by atoms with E-state index in [1.165, 1.54) is 18.4 Å². The number of morpholine rings is 1. The molecular formula is C18H29Cl2N3O2. The van der Waals surface area contributed by atoms with E-state index in [1.54, 1.807) is 0 Å². The summed E-state index contributed by atoms with van der Waals surface area (Å²) in [6.07, 6.45) is 3.65. The minimum absolute atomic E-state index is 0. The van der Waals surface area contributed by atoms with Crippen LogP contribution in [0.1, 0.15) is 24.8 Å². The molecule has 0 saturated carbocycles. The lowest BCUT2D eigenvalue weighted by molar-refractivity contribution is -0.126. The summed E-state index contributed by atoms with van der Waals surface area (Å²) >= 11 is 0. The van der Waals surface area contributed by atoms with Crippen molar-refractivity contribution in [1.29, 1.82) is 0 Å². The molecule has 2 aliphatic heterocycles. The maximum atomic E-state index is 12.2. The van der Waals surface area contributed by atoms with E-state index in [4.69, 9.17) is 4.74 Å². The van der Waals surface area contributed by atoms with Crippen LogP contribution in [0.3, 0.4) is 0 Å². The fourth-order valence-electron chi connectivity index (χ4n) is 3.39. The van der Waals surface area contributed by atoms with Crippen LogP contribution >= 0.6 is 24.8 Å². The molecule has 2 fully saturated rings. The molecule has 0 radical (unpaired) electrons. The molecule has 0 aliphatic carbocycles. The monoisotopic (exact) mass is 389 g/mol. The Morgan fingerprint density at radius 3 is 2.76 bits per heavy atom. The Bertz CT molecular complexity index is 498. The van der Waals surface area contributed by atoms with Gasteiger partial charge in [0.15, 0.2) is 0 Å². The Kier molecular flexibility index (Phi) is 10.4. The van der Waals surface area contributed by atoms with Gasteiger partial charge in [-0.25, -0.2) is 0 Å². The number of halogens is 2. The molecule has 5 nitrogen and oxygen atoms in total. The first-order chi connectivity index (χ1) is 11.3. The van der Waals surface area contributed by atoms with Crippen LogP contribution < -0.4 is 10.6 Å². The topological polar surface area (TPSA) is 53.6 Å². The van der Waals surface area contributed by atoms with Crippen LogP contribution in [0.15, 0.2) is 30.3 Å². The summed E-state index contributed by atoms with van der Waals surface area (Å²) in [5.41, 5.74) is 1.34. The molecule has 2 N–H and O–H groups in total. The van der Waals surface area contributed by atoms with Crippen molar-refractivity contribution in [3.63, 3.8) is 0 Å². The lowest BCUT2D eigenvalue weighted by Gasteiger charge is -2.36. The predicted octanol–water partition coefficient (Wildman–Crippen LogP) is 1.99. The number of nitrogens with one attached hydrogen (secondary N) is 2. The first-order valence-corrected chi connectivity index (χ1v) is 8.70. The molecule has 25 heavy (non-hydrogen) atoms. The van der Waals surface area contributed by atoms with Crippen LogP contribution in [-0.4, -0.2) is 55.7 Å². The van der Waals surface area contributed by atoms with E-state index in [0.29, 0.717) is 19.3 Å². The normalized spacial score (nSPS) is 23.8. The third-order valence-corrected chi connectivity index (χ3v) is 4.73. The minimum atomic E-state index is -0.199. The van der Waals surface area contributed by atoms with Crippen LogP contribution in [0.2, 0.25) is 0 Å². The van der Waals surface area contributed by atoms with E-state index in [-0.39, 0.29) is 36.8 Å². The van der Waals surface area contributed by atoms with Gasteiger partial charge in [-0.15, -0.1) is 24.8 Å². The quantitative estimate of drug-likeness (QED) is 0.808. The van der Waals surface area contributed by atoms with Gasteiger partial charge in [0.25, 0.3) is 0 Å². The van der Waals surface area contributed by atoms with Crippen molar-refractivity contribution in [3.05, 3.63) is 35.9 Å². The van der Waals surface area contributed by atoms with Gasteiger partial charge in [-0.05, 0) is 24.9 Å². The molecule has 0 aromatic heterocycles. The average Bonchev–Trinajstić information content (AvgIpc) is 2.62. The lowest BCUT2D eigenvalue weighted by Crippen LogP contribution is -2.54. The van der Waals surface area contributed by atoms with E-state index in [0.717, 1.165) is 32.6 Å². The fourth-order valence-corrected chi connectivity index (χ4v) is 3.39. The van der Waals surface area contributed by atoms with E-state index in [9.17, 15) is 4.79 Å². The second-order valence-corrected chi connectivity index (χ2v) is 6.43. The summed E-state index contributed by atoms with van der Waals surface area (Å²) in [5, 5.41) is 6.32. The number of piperidine rings is 1. The molecule has 0 bridgehead atoms. The van der Waals surface area contributed by atoms with E-state index in [2.05, 4.69) is 45.9 Å². The molecule has 2 saturated heterocycles. The summed E-state index contributed by atoms with van der Waals surface area (Å²) in [4.78, 5) is 14.7. The van der Waals surface area contributed by atoms with Gasteiger partial charge in [0.1, 0.15) is 6.04 Å². The summed E-state index contributed by atoms with van der Waals surface area (Å²) < 4.78 is 5.36. The van der Waals surface area contributed by atoms with Crippen LogP contribution in [0.25, 0.3) is 0 Å². The fraction of sp³-hybridized carbons (Fsp3) is 0.611. The van der Waals surface area contributed by atoms with E-state index >= 15 is 0 Å². The smallest absolute Gasteiger partial charge is 0.239 e. The molecule has 2 atom stereocenters. The maximum absolute atomic E-state index is 12.2. The predicted molar refractivity (Wildman–Crippen MR) is 105 cm³/mol. The largest absolute Gasteiger partial charge is 0.378 e. The van der Waals surface area contributed by atoms with Crippen molar-refractivity contribution < 1.29 is 9.53 Å². The first-order valence-electron chi connectivity index (χ1n) is 8.70. The Hall–Kier alpha value is -0.850. The maximum Gasteiger partial charge on any atom is 0.239 e. The highest BCUT2D eigenvalue weighted by atomic mass is 35.5. The zero-order chi connectivity index (χ0) is 15.9. The van der Waals surface area contributed by atoms with Gasteiger partial charge in [-0.2, -0.15) is 0 Å². The van der Waals surface area contributed by atoms with Crippen LogP contribution in [-0.2, 0) is 16.1 Å². The molecule has 2 heterocycles. The number of ether oxygens (including phenoxy) is 1. The standard InChI is InChI=1S/C18H27N3O2.2ClH/c22-18(17-14-23-11-9-19-17)20-12-16-8-4-5-10-21(16)13-15-6-2-1-3-7-15;;/h1-3,6-7,16-17,19H,4-5,8-14H2,(H,20,22);2*1H. The number of benzene rings is 1. The van der Waals surface area contributed by atoms with E-state index < -0.39 is 0 Å². The first kappa shape index (κ1) is 22.2. The SMILES string of the molecule is Cl.Cl.O=C(NCC1CCCCN1Cc1ccccc1)C1COCCN1. The van der Waals surface area contributed by atoms with Gasteiger partial charge in [-0.1, -0.05) is 36.8 Å². The number of carbonyl (C=O) groups is 1. The van der Waals surface area contributed by atoms with Gasteiger partial charge in [-0.3, -0.25) is 9.69 Å². The second kappa shape index (κ2) is 11.7. The summed E-state index contributed by atoms with van der Waals surface area (Å²) in [7, 11) is 0. The molecule has 1 amide bonds. The van der Waals surface area contributed by atoms with Crippen LogP contribution in [0.4, 0.5) is 0 Å². The molecule has 3 rings (SSSR count). The highest BCUT2D eigenvalue weighted by Crippen LogP contribution is 2.19. The van der Waals surface area contributed by atoms with Crippen LogP contribution in [0, 0.1) is 0 Å². The molecular weight excluding hydrogens is 361 g/mol. The number of rotatable bonds is 5. The van der Waals surface area contributed by atoms with E-state index in [1.807, 2.05) is 0 Å². The Balaban J connectivity index is 0.00000156. The second-order valence-electron chi connectivity index (χ2n) is 6.43. The van der Waals surface area contributed by atoms with Crippen molar-refractivity contribution in [2.24, 2.45) is 0 Å². The van der Waals surface area contributed by atoms with Crippen molar-refractivity contribution in [3.8, 4) is 0 Å². The van der Waals surface area contributed by atoms with Gasteiger partial charge >= 0.3 is 0 Å². The minimum Gasteiger partial charge on any atom is -0.378 e. The summed E-state index contributed by atoms with van der Waals surface area (Å²) in [6, 6.07) is 10.8. The third kappa shape index (κ3) is 6.76. The average molecular weight is 390 g/mol. The summed E-state index contributed by atoms with van der Waals surface area (Å²) in [5.74, 6) is 0.0648. The lowest BCUT2D eigenvalue weighted by atomic mass is 10.0. The van der Waals surface area contributed by atoms with Gasteiger partial charge in [0, 0.05) is 25.7 Å². The zero-order valence-corrected chi connectivity index (χ0v) is 16.1. The van der Waals surface area contributed by atoms with Crippen molar-refractivity contribution in [2.75, 3.05) is 32.8 Å². The Morgan fingerprint density at radius 1 is 1.24 bits per heavy atom. The highest BCUT2D eigenvalue weighted by molar-refractivity contribution is 5.85. The molecule has 2 unspecified atom stereocenters. The molecule has 1 aromatic rings. The zero-order valence-electron chi connectivity index (χ0n) is 14.5. The molecule has 2 aliphatic rings. The number of nitrogens with zero attached hydrogens (tertiary/aromatic N) is 1. The Morgan fingerprint density at radius 2 is 2.04 bits per heavy atom. The molecule has 0 spiro atoms. The van der Waals surface area contributed by atoms with Crippen LogP contribution in [0.5, 0.6) is 0 Å². The molecule has 142 valence electrons. The van der Waals surface area contributed by atoms with Gasteiger partial charge in [0.05, 0.1) is 13.2 Å². The van der Waals surface area contributed by atoms with Crippen molar-refractivity contribution in [2.45, 2.75) is 37.9 Å². The molecule has 7 heteroatoms. The number of likely N-dealkylation sites (tertiary alicyclic amines) is 1. The van der Waals surface area contributed by atoms with Gasteiger partial charge in [0.2, 0.25) is 5.91 Å². The van der Waals surface area contributed by atoms with Gasteiger partial charge < -0.3 is 15.4 Å². The van der Waals surface area contributed by atoms with Crippen molar-refractivity contribution in [1.82, 2.24) is 15.5 Å². The summed E-state index contributed by atoms with van der Waals surface area (Å²) in [6.45, 7) is 4.72. The molecule has 1 aromatic carbocycles.